The van der Waals surface area contributed by atoms with Gasteiger partial charge in [-0.1, -0.05) is 0 Å². The van der Waals surface area contributed by atoms with E-state index in [1.165, 1.54) is 25.3 Å². The number of nitrogens with zero attached hydrogens (tertiary/aromatic N) is 3. The number of carbonyl (C=O) groups is 2. The lowest BCUT2D eigenvalue weighted by molar-refractivity contribution is -0.404. The van der Waals surface area contributed by atoms with Gasteiger partial charge in [-0.2, -0.15) is 22.7 Å². The van der Waals surface area contributed by atoms with Gasteiger partial charge >= 0.3 is 12.1 Å². The van der Waals surface area contributed by atoms with Crippen molar-refractivity contribution in [3.63, 3.8) is 0 Å². The maximum absolute atomic E-state index is 15.2. The van der Waals surface area contributed by atoms with Gasteiger partial charge in [-0.3, -0.25) is 14.5 Å². The summed E-state index contributed by atoms with van der Waals surface area (Å²) >= 11 is 0. The van der Waals surface area contributed by atoms with Crippen LogP contribution >= 0.6 is 0 Å². The highest BCUT2D eigenvalue weighted by molar-refractivity contribution is 6.00. The average Bonchev–Trinajstić information content (AvgIpc) is 3.82. The molecule has 3 N–H and O–H groups in total. The predicted octanol–water partition coefficient (Wildman–Crippen LogP) is 4.98. The Morgan fingerprint density at radius 2 is 1.73 bits per heavy atom. The van der Waals surface area contributed by atoms with Crippen molar-refractivity contribution in [1.82, 2.24) is 20.1 Å². The van der Waals surface area contributed by atoms with Gasteiger partial charge < -0.3 is 5.32 Å². The smallest absolute Gasteiger partial charge is 0.337 e. The number of carbonyl (C=O) groups excluding carboxylic acids is 2. The van der Waals surface area contributed by atoms with Crippen LogP contribution in [-0.2, 0) is 11.0 Å². The molecule has 12 heteroatoms. The molecule has 0 aliphatic heterocycles. The third kappa shape index (κ3) is 5.71. The Bertz CT molecular complexity index is 1420. The van der Waals surface area contributed by atoms with E-state index in [-0.39, 0.29) is 34.6 Å². The second-order valence-electron chi connectivity index (χ2n) is 10.9. The van der Waals surface area contributed by atoms with Gasteiger partial charge in [0.1, 0.15) is 11.7 Å². The molecule has 40 heavy (non-hydrogen) atoms. The van der Waals surface area contributed by atoms with E-state index in [2.05, 4.69) is 25.7 Å². The second kappa shape index (κ2) is 10.6. The Morgan fingerprint density at radius 3 is 2.30 bits per heavy atom. The van der Waals surface area contributed by atoms with Gasteiger partial charge in [-0.25, -0.2) is 15.1 Å². The van der Waals surface area contributed by atoms with Crippen molar-refractivity contribution in [1.29, 1.82) is 0 Å². The molecule has 2 aliphatic carbocycles. The van der Waals surface area contributed by atoms with Crippen LogP contribution in [0, 0.1) is 30.6 Å². The molecule has 2 saturated carbocycles. The van der Waals surface area contributed by atoms with Crippen LogP contribution in [0.1, 0.15) is 67.3 Å². The topological polar surface area (TPSA) is 103 Å². The van der Waals surface area contributed by atoms with Crippen molar-refractivity contribution >= 4 is 17.6 Å². The second-order valence-corrected chi connectivity index (χ2v) is 10.9. The van der Waals surface area contributed by atoms with Gasteiger partial charge in [0.2, 0.25) is 0 Å². The lowest BCUT2D eigenvalue weighted by atomic mass is 9.88. The molecule has 0 aromatic carbocycles. The van der Waals surface area contributed by atoms with Crippen molar-refractivity contribution < 1.29 is 32.1 Å². The summed E-state index contributed by atoms with van der Waals surface area (Å²) in [4.78, 5) is 33.1. The largest absolute Gasteiger partial charge is 0.417 e. The summed E-state index contributed by atoms with van der Waals surface area (Å²) < 4.78 is 57.6. The highest BCUT2D eigenvalue weighted by Gasteiger charge is 2.49. The zero-order valence-corrected chi connectivity index (χ0v) is 22.3. The molecule has 2 amide bonds. The Hall–Kier alpha value is -3.83. The number of rotatable bonds is 9. The monoisotopic (exact) mass is 559 g/mol. The van der Waals surface area contributed by atoms with Crippen LogP contribution < -0.4 is 15.6 Å². The zero-order valence-electron chi connectivity index (χ0n) is 22.3. The van der Waals surface area contributed by atoms with E-state index in [0.29, 0.717) is 17.5 Å². The molecule has 3 heterocycles. The fraction of sp³-hybridized carbons (Fsp3) is 0.464. The predicted molar refractivity (Wildman–Crippen MR) is 137 cm³/mol. The molecule has 0 radical (unpaired) electrons. The molecule has 2 fully saturated rings. The van der Waals surface area contributed by atoms with Gasteiger partial charge in [-0.15, -0.1) is 0 Å². The van der Waals surface area contributed by atoms with E-state index in [0.717, 1.165) is 37.9 Å². The van der Waals surface area contributed by atoms with Gasteiger partial charge in [0.05, 0.1) is 11.1 Å². The SMILES string of the molecule is Cc1nccc(C(F)(F)F)c1-c1ccc(NC(=O)[C@@H](NC(=O)c2ccnn2C(C)C)C(C2CC2)C2CC2)[nH+]c1F. The van der Waals surface area contributed by atoms with Gasteiger partial charge in [0.25, 0.3) is 17.7 Å². The van der Waals surface area contributed by atoms with E-state index >= 15 is 4.39 Å². The van der Waals surface area contributed by atoms with E-state index in [1.807, 2.05) is 13.8 Å². The standard InChI is InChI=1S/C28H30F4N6O2/c1-14(2)38-20(11-13-34-38)26(39)37-24(23(16-4-5-16)17-6-7-17)27(40)36-21-9-8-18(25(29)35-21)22-15(3)33-12-10-19(22)28(30,31)32/h8-14,16-17,23-24H,4-7H2,1-3H3,(H,37,39)(H,35,36,40)/p+1/t24-/m0/s1. The first-order chi connectivity index (χ1) is 19.0. The molecule has 0 spiro atoms. The number of hydrogen-bond donors (Lipinski definition) is 2. The Morgan fingerprint density at radius 1 is 1.05 bits per heavy atom. The number of aromatic amines is 1. The van der Waals surface area contributed by atoms with Crippen molar-refractivity contribution in [2.75, 3.05) is 5.32 Å². The lowest BCUT2D eigenvalue weighted by Crippen LogP contribution is -2.50. The van der Waals surface area contributed by atoms with Crippen LogP contribution in [0.2, 0.25) is 0 Å². The summed E-state index contributed by atoms with van der Waals surface area (Å²) in [7, 11) is 0. The van der Waals surface area contributed by atoms with E-state index < -0.39 is 35.5 Å². The van der Waals surface area contributed by atoms with Crippen molar-refractivity contribution in [2.24, 2.45) is 17.8 Å². The number of aryl methyl sites for hydroxylation is 1. The first-order valence-corrected chi connectivity index (χ1v) is 13.4. The number of aromatic nitrogens is 4. The fourth-order valence-electron chi connectivity index (χ4n) is 5.43. The number of halogens is 4. The molecule has 2 aliphatic rings. The molecule has 8 nitrogen and oxygen atoms in total. The molecular formula is C28H31F4N6O2+. The van der Waals surface area contributed by atoms with E-state index in [4.69, 9.17) is 0 Å². The van der Waals surface area contributed by atoms with Crippen molar-refractivity contribution in [3.05, 3.63) is 59.6 Å². The molecule has 212 valence electrons. The maximum atomic E-state index is 15.2. The average molecular weight is 560 g/mol. The summed E-state index contributed by atoms with van der Waals surface area (Å²) in [6.45, 7) is 5.15. The summed E-state index contributed by atoms with van der Waals surface area (Å²) in [6, 6.07) is 3.92. The minimum absolute atomic E-state index is 0.0130. The first-order valence-electron chi connectivity index (χ1n) is 13.4. The van der Waals surface area contributed by atoms with Crippen LogP contribution in [-0.4, -0.2) is 32.6 Å². The maximum Gasteiger partial charge on any atom is 0.417 e. The number of alkyl halides is 3. The zero-order chi connectivity index (χ0) is 28.8. The number of amides is 2. The fourth-order valence-corrected chi connectivity index (χ4v) is 5.43. The molecule has 3 aromatic rings. The lowest BCUT2D eigenvalue weighted by Gasteiger charge is -2.25. The third-order valence-corrected chi connectivity index (χ3v) is 7.55. The number of H-pyrrole nitrogens is 1. The van der Waals surface area contributed by atoms with E-state index in [1.54, 1.807) is 10.7 Å². The molecule has 1 atom stereocenters. The highest BCUT2D eigenvalue weighted by atomic mass is 19.4. The minimum atomic E-state index is -4.71. The van der Waals surface area contributed by atoms with Crippen LogP contribution in [0.3, 0.4) is 0 Å². The summed E-state index contributed by atoms with van der Waals surface area (Å²) in [5.74, 6) is -1.53. The van der Waals surface area contributed by atoms with Crippen LogP contribution in [0.4, 0.5) is 23.4 Å². The minimum Gasteiger partial charge on any atom is -0.337 e. The van der Waals surface area contributed by atoms with Crippen LogP contribution in [0.5, 0.6) is 0 Å². The first kappa shape index (κ1) is 27.7. The normalized spacial score (nSPS) is 16.3. The van der Waals surface area contributed by atoms with Gasteiger partial charge in [0, 0.05) is 35.8 Å². The van der Waals surface area contributed by atoms with Gasteiger partial charge in [0.15, 0.2) is 0 Å². The third-order valence-electron chi connectivity index (χ3n) is 7.55. The molecule has 0 saturated heterocycles. The molecular weight excluding hydrogens is 528 g/mol. The van der Waals surface area contributed by atoms with Gasteiger partial charge in [-0.05, 0) is 82.4 Å². The number of hydrogen-bond acceptors (Lipinski definition) is 4. The summed E-state index contributed by atoms with van der Waals surface area (Å²) in [6.07, 6.45) is 1.70. The Balaban J connectivity index is 1.41. The number of pyridine rings is 2. The Labute approximate surface area is 228 Å². The summed E-state index contributed by atoms with van der Waals surface area (Å²) in [5.41, 5.74) is -1.37. The van der Waals surface area contributed by atoms with Crippen molar-refractivity contribution in [2.45, 2.75) is 64.7 Å². The molecule has 0 unspecified atom stereocenters. The van der Waals surface area contributed by atoms with E-state index in [9.17, 15) is 22.8 Å². The molecule has 5 rings (SSSR count). The molecule has 3 aromatic heterocycles. The summed E-state index contributed by atoms with van der Waals surface area (Å²) in [5, 5.41) is 9.75. The highest BCUT2D eigenvalue weighted by Crippen LogP contribution is 2.51. The molecule has 0 bridgehead atoms. The number of anilines is 1. The van der Waals surface area contributed by atoms with Crippen LogP contribution in [0.25, 0.3) is 11.1 Å². The van der Waals surface area contributed by atoms with Crippen molar-refractivity contribution in [3.8, 4) is 11.1 Å². The van der Waals surface area contributed by atoms with Crippen LogP contribution in [0.15, 0.2) is 36.7 Å². The number of nitrogens with one attached hydrogen (secondary N) is 3. The quantitative estimate of drug-likeness (QED) is 0.285. The Kier molecular flexibility index (Phi) is 7.36.